The van der Waals surface area contributed by atoms with Gasteiger partial charge in [-0.3, -0.25) is 4.79 Å². The van der Waals surface area contributed by atoms with Crippen LogP contribution in [0, 0.1) is 0 Å². The van der Waals surface area contributed by atoms with Gasteiger partial charge in [0.1, 0.15) is 11.5 Å². The van der Waals surface area contributed by atoms with E-state index in [1.807, 2.05) is 0 Å². The van der Waals surface area contributed by atoms with Crippen LogP contribution in [0.15, 0.2) is 24.3 Å². The maximum atomic E-state index is 10.0. The van der Waals surface area contributed by atoms with E-state index in [9.17, 15) is 4.79 Å². The van der Waals surface area contributed by atoms with Crippen LogP contribution in [0.3, 0.4) is 0 Å². The molecule has 3 nitrogen and oxygen atoms in total. The molecule has 0 atom stereocenters. The lowest BCUT2D eigenvalue weighted by Gasteiger charge is -2.04. The molecule has 0 aliphatic heterocycles. The summed E-state index contributed by atoms with van der Waals surface area (Å²) in [7, 11) is 0. The molecular formula is C10H11ClO3. The van der Waals surface area contributed by atoms with Gasteiger partial charge in [0.05, 0.1) is 6.61 Å². The molecule has 0 spiro atoms. The van der Waals surface area contributed by atoms with Gasteiger partial charge in [0.25, 0.3) is 6.47 Å². The van der Waals surface area contributed by atoms with Crippen molar-refractivity contribution in [3.63, 3.8) is 0 Å². The standard InChI is InChI=1S/C10H11ClO3/c11-6-1-7-13-9-2-4-10(5-3-9)14-8-12/h2-5,8H,1,6-7H2. The van der Waals surface area contributed by atoms with Crippen LogP contribution >= 0.6 is 11.6 Å². The van der Waals surface area contributed by atoms with Crippen molar-refractivity contribution < 1.29 is 14.3 Å². The third-order valence-electron chi connectivity index (χ3n) is 1.55. The van der Waals surface area contributed by atoms with Crippen LogP contribution in [0.5, 0.6) is 11.5 Å². The van der Waals surface area contributed by atoms with Gasteiger partial charge in [-0.05, 0) is 30.7 Å². The molecule has 4 heteroatoms. The smallest absolute Gasteiger partial charge is 0.298 e. The quantitative estimate of drug-likeness (QED) is 0.414. The molecular weight excluding hydrogens is 204 g/mol. The van der Waals surface area contributed by atoms with Crippen LogP contribution in [-0.4, -0.2) is 19.0 Å². The Balaban J connectivity index is 2.42. The van der Waals surface area contributed by atoms with Gasteiger partial charge in [0.2, 0.25) is 0 Å². The Kier molecular flexibility index (Phi) is 4.86. The summed E-state index contributed by atoms with van der Waals surface area (Å²) >= 11 is 5.50. The first-order chi connectivity index (χ1) is 6.86. The minimum Gasteiger partial charge on any atom is -0.494 e. The van der Waals surface area contributed by atoms with E-state index in [4.69, 9.17) is 16.3 Å². The van der Waals surface area contributed by atoms with Crippen molar-refractivity contribution in [1.82, 2.24) is 0 Å². The molecule has 0 bridgehead atoms. The monoisotopic (exact) mass is 214 g/mol. The van der Waals surface area contributed by atoms with Gasteiger partial charge >= 0.3 is 0 Å². The molecule has 1 rings (SSSR count). The summed E-state index contributed by atoms with van der Waals surface area (Å²) in [4.78, 5) is 10.0. The number of alkyl halides is 1. The number of hydrogen-bond acceptors (Lipinski definition) is 3. The van der Waals surface area contributed by atoms with E-state index in [1.54, 1.807) is 24.3 Å². The highest BCUT2D eigenvalue weighted by atomic mass is 35.5. The highest BCUT2D eigenvalue weighted by molar-refractivity contribution is 6.17. The van der Waals surface area contributed by atoms with Gasteiger partial charge in [-0.2, -0.15) is 0 Å². The lowest BCUT2D eigenvalue weighted by Crippen LogP contribution is -1.97. The first-order valence-electron chi connectivity index (χ1n) is 4.26. The van der Waals surface area contributed by atoms with E-state index >= 15 is 0 Å². The normalized spacial score (nSPS) is 9.50. The van der Waals surface area contributed by atoms with Crippen molar-refractivity contribution in [3.05, 3.63) is 24.3 Å². The summed E-state index contributed by atoms with van der Waals surface area (Å²) in [6.07, 6.45) is 0.814. The second kappa shape index (κ2) is 6.27. The molecule has 0 N–H and O–H groups in total. The van der Waals surface area contributed by atoms with Crippen molar-refractivity contribution in [2.75, 3.05) is 12.5 Å². The fourth-order valence-electron chi connectivity index (χ4n) is 0.915. The van der Waals surface area contributed by atoms with Crippen LogP contribution in [0.1, 0.15) is 6.42 Å². The SMILES string of the molecule is O=COc1ccc(OCCCCl)cc1. The van der Waals surface area contributed by atoms with Crippen molar-refractivity contribution in [2.45, 2.75) is 6.42 Å². The fourth-order valence-corrected chi connectivity index (χ4v) is 1.02. The summed E-state index contributed by atoms with van der Waals surface area (Å²) in [6.45, 7) is 0.987. The molecule has 1 aromatic rings. The largest absolute Gasteiger partial charge is 0.494 e. The number of benzene rings is 1. The van der Waals surface area contributed by atoms with Crippen LogP contribution in [0.25, 0.3) is 0 Å². The summed E-state index contributed by atoms with van der Waals surface area (Å²) in [5, 5.41) is 0. The number of carbonyl (C=O) groups excluding carboxylic acids is 1. The predicted octanol–water partition coefficient (Wildman–Crippen LogP) is 2.23. The van der Waals surface area contributed by atoms with E-state index in [0.717, 1.165) is 12.2 Å². The Morgan fingerprint density at radius 2 is 1.86 bits per heavy atom. The Labute approximate surface area is 87.6 Å². The van der Waals surface area contributed by atoms with E-state index in [0.29, 0.717) is 24.7 Å². The molecule has 0 aliphatic carbocycles. The van der Waals surface area contributed by atoms with Gasteiger partial charge < -0.3 is 9.47 Å². The Morgan fingerprint density at radius 3 is 2.43 bits per heavy atom. The number of ether oxygens (including phenoxy) is 2. The Bertz CT molecular complexity index is 271. The summed E-state index contributed by atoms with van der Waals surface area (Å²) in [6, 6.07) is 6.83. The molecule has 0 fully saturated rings. The van der Waals surface area contributed by atoms with Crippen LogP contribution in [0.4, 0.5) is 0 Å². The van der Waals surface area contributed by atoms with Crippen molar-refractivity contribution >= 4 is 18.1 Å². The second-order valence-corrected chi connectivity index (χ2v) is 2.95. The molecule has 14 heavy (non-hydrogen) atoms. The first kappa shape index (κ1) is 10.9. The fraction of sp³-hybridized carbons (Fsp3) is 0.300. The minimum atomic E-state index is 0.392. The summed E-state index contributed by atoms with van der Waals surface area (Å²) in [5.41, 5.74) is 0. The van der Waals surface area contributed by atoms with E-state index < -0.39 is 0 Å². The molecule has 0 aromatic heterocycles. The zero-order valence-corrected chi connectivity index (χ0v) is 8.37. The summed E-state index contributed by atoms with van der Waals surface area (Å²) < 4.78 is 9.98. The predicted molar refractivity (Wildman–Crippen MR) is 54.0 cm³/mol. The zero-order chi connectivity index (χ0) is 10.2. The van der Waals surface area contributed by atoms with E-state index in [1.165, 1.54) is 0 Å². The minimum absolute atomic E-state index is 0.392. The molecule has 0 unspecified atom stereocenters. The van der Waals surface area contributed by atoms with Crippen molar-refractivity contribution in [1.29, 1.82) is 0 Å². The summed E-state index contributed by atoms with van der Waals surface area (Å²) in [5.74, 6) is 1.84. The molecule has 0 aliphatic rings. The number of carbonyl (C=O) groups is 1. The van der Waals surface area contributed by atoms with Crippen LogP contribution in [-0.2, 0) is 4.79 Å². The van der Waals surface area contributed by atoms with Gasteiger partial charge in [-0.15, -0.1) is 11.6 Å². The second-order valence-electron chi connectivity index (χ2n) is 2.58. The third kappa shape index (κ3) is 3.66. The average molecular weight is 215 g/mol. The Morgan fingerprint density at radius 1 is 1.21 bits per heavy atom. The molecule has 76 valence electrons. The van der Waals surface area contributed by atoms with E-state index in [2.05, 4.69) is 4.74 Å². The molecule has 0 saturated carbocycles. The molecule has 0 radical (unpaired) electrons. The van der Waals surface area contributed by atoms with Crippen molar-refractivity contribution in [3.8, 4) is 11.5 Å². The lowest BCUT2D eigenvalue weighted by molar-refractivity contribution is -0.120. The number of hydrogen-bond donors (Lipinski definition) is 0. The topological polar surface area (TPSA) is 35.5 Å². The Hall–Kier alpha value is -1.22. The van der Waals surface area contributed by atoms with Gasteiger partial charge in [-0.25, -0.2) is 0 Å². The lowest BCUT2D eigenvalue weighted by atomic mass is 10.3. The third-order valence-corrected chi connectivity index (χ3v) is 1.82. The van der Waals surface area contributed by atoms with Gasteiger partial charge in [-0.1, -0.05) is 0 Å². The molecule has 0 saturated heterocycles. The number of rotatable bonds is 6. The zero-order valence-electron chi connectivity index (χ0n) is 7.61. The number of halogens is 1. The highest BCUT2D eigenvalue weighted by Crippen LogP contribution is 2.17. The van der Waals surface area contributed by atoms with Gasteiger partial charge in [0.15, 0.2) is 0 Å². The molecule has 0 heterocycles. The first-order valence-corrected chi connectivity index (χ1v) is 4.79. The van der Waals surface area contributed by atoms with Crippen molar-refractivity contribution in [2.24, 2.45) is 0 Å². The average Bonchev–Trinajstić information content (AvgIpc) is 2.21. The van der Waals surface area contributed by atoms with Crippen LogP contribution in [0.2, 0.25) is 0 Å². The molecule has 1 aromatic carbocycles. The molecule has 0 amide bonds. The highest BCUT2D eigenvalue weighted by Gasteiger charge is 1.95. The van der Waals surface area contributed by atoms with Gasteiger partial charge in [0, 0.05) is 5.88 Å². The maximum Gasteiger partial charge on any atom is 0.298 e. The van der Waals surface area contributed by atoms with Crippen LogP contribution < -0.4 is 9.47 Å². The van der Waals surface area contributed by atoms with E-state index in [-0.39, 0.29) is 0 Å². The maximum absolute atomic E-state index is 10.0.